The van der Waals surface area contributed by atoms with Gasteiger partial charge in [0.1, 0.15) is 11.2 Å². The van der Waals surface area contributed by atoms with Gasteiger partial charge in [0, 0.05) is 14.4 Å². The summed E-state index contributed by atoms with van der Waals surface area (Å²) in [7, 11) is -0.882. The highest BCUT2D eigenvalue weighted by Gasteiger charge is 2.66. The monoisotopic (exact) mass is 652 g/mol. The van der Waals surface area contributed by atoms with Crippen molar-refractivity contribution < 1.29 is 19.2 Å². The van der Waals surface area contributed by atoms with Crippen LogP contribution in [0.3, 0.4) is 0 Å². The quantitative estimate of drug-likeness (QED) is 0.193. The Balaban J connectivity index is 1.73. The van der Waals surface area contributed by atoms with Gasteiger partial charge in [-0.2, -0.15) is 0 Å². The standard InChI is InChI=1S/C33H23BBr2O4/c35-28-21-23(31(37)38)22-29(36)30(28)34-39-32(24-13-5-1-6-14-24,25-15-7-2-8-16-25)33(40-34,26-17-9-3-10-18-26)27-19-11-4-12-20-27/h1-22H,(H,37,38). The van der Waals surface area contributed by atoms with Gasteiger partial charge in [0.15, 0.2) is 0 Å². The van der Waals surface area contributed by atoms with Crippen LogP contribution in [-0.4, -0.2) is 18.2 Å². The molecule has 0 saturated carbocycles. The van der Waals surface area contributed by atoms with E-state index >= 15 is 0 Å². The van der Waals surface area contributed by atoms with Crippen molar-refractivity contribution in [3.63, 3.8) is 0 Å². The summed E-state index contributed by atoms with van der Waals surface area (Å²) in [5.41, 5.74) is 2.24. The number of carbonyl (C=O) groups is 1. The second-order valence-corrected chi connectivity index (χ2v) is 11.3. The van der Waals surface area contributed by atoms with Gasteiger partial charge in [-0.05, 0) is 34.4 Å². The molecule has 1 aliphatic heterocycles. The largest absolute Gasteiger partial charge is 0.498 e. The smallest absolute Gasteiger partial charge is 0.478 e. The number of carboxylic acid groups (broad SMARTS) is 1. The van der Waals surface area contributed by atoms with E-state index in [0.29, 0.717) is 14.4 Å². The molecule has 4 nitrogen and oxygen atoms in total. The van der Waals surface area contributed by atoms with E-state index in [2.05, 4.69) is 80.4 Å². The predicted octanol–water partition coefficient (Wildman–Crippen LogP) is 7.54. The number of benzene rings is 5. The Bertz CT molecular complexity index is 1460. The lowest BCUT2D eigenvalue weighted by atomic mass is 9.66. The minimum Gasteiger partial charge on any atom is -0.478 e. The molecule has 0 atom stereocenters. The zero-order valence-corrected chi connectivity index (χ0v) is 24.4. The summed E-state index contributed by atoms with van der Waals surface area (Å²) in [4.78, 5) is 11.8. The fraction of sp³-hybridized carbons (Fsp3) is 0.0606. The van der Waals surface area contributed by atoms with E-state index in [1.165, 1.54) is 0 Å². The summed E-state index contributed by atoms with van der Waals surface area (Å²) < 4.78 is 15.7. The zero-order chi connectivity index (χ0) is 27.7. The van der Waals surface area contributed by atoms with Crippen molar-refractivity contribution in [3.8, 4) is 0 Å². The second-order valence-electron chi connectivity index (χ2n) is 9.55. The van der Waals surface area contributed by atoms with Crippen molar-refractivity contribution in [2.24, 2.45) is 0 Å². The van der Waals surface area contributed by atoms with Gasteiger partial charge in [0.25, 0.3) is 0 Å². The lowest BCUT2D eigenvalue weighted by Gasteiger charge is -2.46. The van der Waals surface area contributed by atoms with Gasteiger partial charge in [-0.15, -0.1) is 0 Å². The van der Waals surface area contributed by atoms with Crippen molar-refractivity contribution in [2.75, 3.05) is 0 Å². The van der Waals surface area contributed by atoms with Crippen LogP contribution < -0.4 is 5.46 Å². The maximum Gasteiger partial charge on any atom is 0.498 e. The second kappa shape index (κ2) is 10.8. The Morgan fingerprint density at radius 1 is 0.575 bits per heavy atom. The number of halogens is 2. The molecule has 0 radical (unpaired) electrons. The molecule has 5 aromatic carbocycles. The molecule has 5 aromatic rings. The van der Waals surface area contributed by atoms with Crippen LogP contribution in [-0.2, 0) is 20.5 Å². The van der Waals surface area contributed by atoms with Crippen molar-refractivity contribution in [3.05, 3.63) is 170 Å². The molecule has 1 saturated heterocycles. The Kier molecular flexibility index (Phi) is 7.23. The molecule has 0 bridgehead atoms. The Labute approximate surface area is 250 Å². The fourth-order valence-corrected chi connectivity index (χ4v) is 7.23. The van der Waals surface area contributed by atoms with Crippen molar-refractivity contribution in [2.45, 2.75) is 11.2 Å². The fourth-order valence-electron chi connectivity index (χ4n) is 5.67. The normalized spacial score (nSPS) is 15.6. The lowest BCUT2D eigenvalue weighted by Crippen LogP contribution is -2.48. The molecule has 0 unspecified atom stereocenters. The van der Waals surface area contributed by atoms with Crippen molar-refractivity contribution in [1.82, 2.24) is 0 Å². The maximum absolute atomic E-state index is 11.8. The molecular weight excluding hydrogens is 631 g/mol. The van der Waals surface area contributed by atoms with Gasteiger partial charge in [-0.25, -0.2) is 4.79 Å². The van der Waals surface area contributed by atoms with Crippen molar-refractivity contribution >= 4 is 50.4 Å². The average molecular weight is 654 g/mol. The molecule has 0 amide bonds. The van der Waals surface area contributed by atoms with E-state index in [1.807, 2.05) is 72.8 Å². The lowest BCUT2D eigenvalue weighted by molar-refractivity contribution is 0.00370. The zero-order valence-electron chi connectivity index (χ0n) is 21.2. The minimum atomic E-state index is -1.13. The molecule has 7 heteroatoms. The first-order valence-corrected chi connectivity index (χ1v) is 14.4. The average Bonchev–Trinajstić information content (AvgIpc) is 3.36. The number of aromatic carboxylic acids is 1. The van der Waals surface area contributed by atoms with E-state index in [1.54, 1.807) is 12.1 Å². The molecule has 0 aromatic heterocycles. The van der Waals surface area contributed by atoms with E-state index in [9.17, 15) is 9.90 Å². The van der Waals surface area contributed by atoms with Crippen LogP contribution in [0.2, 0.25) is 0 Å². The molecule has 40 heavy (non-hydrogen) atoms. The highest BCUT2D eigenvalue weighted by atomic mass is 79.9. The van der Waals surface area contributed by atoms with E-state index in [-0.39, 0.29) is 5.56 Å². The molecule has 0 aliphatic carbocycles. The number of hydrogen-bond acceptors (Lipinski definition) is 3. The summed E-state index contributed by atoms with van der Waals surface area (Å²) in [5, 5.41) is 9.65. The number of carboxylic acids is 1. The highest BCUT2D eigenvalue weighted by Crippen LogP contribution is 2.59. The van der Waals surface area contributed by atoms with Crippen LogP contribution in [0.4, 0.5) is 0 Å². The number of rotatable bonds is 6. The van der Waals surface area contributed by atoms with Crippen LogP contribution in [0.5, 0.6) is 0 Å². The third-order valence-electron chi connectivity index (χ3n) is 7.35. The summed E-state index contributed by atoms with van der Waals surface area (Å²) in [6.45, 7) is 0. The maximum atomic E-state index is 11.8. The molecule has 6 rings (SSSR count). The molecule has 1 fully saturated rings. The van der Waals surface area contributed by atoms with E-state index in [0.717, 1.165) is 22.3 Å². The highest BCUT2D eigenvalue weighted by molar-refractivity contribution is 9.11. The van der Waals surface area contributed by atoms with Crippen LogP contribution in [0.1, 0.15) is 32.6 Å². The third-order valence-corrected chi connectivity index (χ3v) is 8.66. The van der Waals surface area contributed by atoms with Gasteiger partial charge in [-0.3, -0.25) is 0 Å². The van der Waals surface area contributed by atoms with E-state index in [4.69, 9.17) is 9.31 Å². The SMILES string of the molecule is O=C(O)c1cc(Br)c(B2OC(c3ccccc3)(c3ccccc3)C(c3ccccc3)(c3ccccc3)O2)c(Br)c1. The molecule has 0 spiro atoms. The first-order chi connectivity index (χ1) is 19.5. The summed E-state index contributed by atoms with van der Waals surface area (Å²) >= 11 is 7.25. The summed E-state index contributed by atoms with van der Waals surface area (Å²) in [6, 6.07) is 43.7. The minimum absolute atomic E-state index is 0.148. The summed E-state index contributed by atoms with van der Waals surface area (Å²) in [5.74, 6) is -1.02. The first-order valence-electron chi connectivity index (χ1n) is 12.8. The Morgan fingerprint density at radius 2 is 0.875 bits per heavy atom. The van der Waals surface area contributed by atoms with Gasteiger partial charge in [0.05, 0.1) is 5.56 Å². The molecular formula is C33H23BBr2O4. The molecule has 1 heterocycles. The van der Waals surface area contributed by atoms with E-state index < -0.39 is 24.3 Å². The molecule has 1 N–H and O–H groups in total. The molecule has 1 aliphatic rings. The van der Waals surface area contributed by atoms with Gasteiger partial charge in [-0.1, -0.05) is 153 Å². The Morgan fingerprint density at radius 3 is 1.15 bits per heavy atom. The molecule has 196 valence electrons. The van der Waals surface area contributed by atoms with Gasteiger partial charge in [0.2, 0.25) is 0 Å². The summed E-state index contributed by atoms with van der Waals surface area (Å²) in [6.07, 6.45) is 0. The van der Waals surface area contributed by atoms with Gasteiger partial charge >= 0.3 is 13.1 Å². The van der Waals surface area contributed by atoms with Crippen LogP contribution in [0.15, 0.2) is 142 Å². The first kappa shape index (κ1) is 26.7. The third kappa shape index (κ3) is 4.25. The van der Waals surface area contributed by atoms with Gasteiger partial charge < -0.3 is 14.4 Å². The van der Waals surface area contributed by atoms with Crippen molar-refractivity contribution in [1.29, 1.82) is 0 Å². The Hall–Kier alpha value is -3.49. The van der Waals surface area contributed by atoms with Crippen LogP contribution >= 0.6 is 31.9 Å². The predicted molar refractivity (Wildman–Crippen MR) is 164 cm³/mol. The van der Waals surface area contributed by atoms with Crippen LogP contribution in [0, 0.1) is 0 Å². The topological polar surface area (TPSA) is 55.8 Å². The number of hydrogen-bond donors (Lipinski definition) is 1. The van der Waals surface area contributed by atoms with Crippen LogP contribution in [0.25, 0.3) is 0 Å².